The Balaban J connectivity index is 1.68. The number of amides is 2. The fourth-order valence-corrected chi connectivity index (χ4v) is 2.70. The predicted molar refractivity (Wildman–Crippen MR) is 69.0 cm³/mol. The van der Waals surface area contributed by atoms with Crippen molar-refractivity contribution in [2.45, 2.75) is 38.5 Å². The number of nitrogens with zero attached hydrogens (tertiary/aromatic N) is 1. The van der Waals surface area contributed by atoms with Crippen LogP contribution < -0.4 is 10.6 Å². The minimum Gasteiger partial charge on any atom is -0.338 e. The molecule has 0 bridgehead atoms. The lowest BCUT2D eigenvalue weighted by molar-refractivity contribution is 0.196. The van der Waals surface area contributed by atoms with Crippen LogP contribution in [0.4, 0.5) is 4.79 Å². The molecule has 2 fully saturated rings. The number of carbonyl (C=O) groups is 1. The number of piperidine rings is 1. The molecule has 2 amide bonds. The van der Waals surface area contributed by atoms with Gasteiger partial charge in [-0.25, -0.2) is 4.79 Å². The Labute approximate surface area is 104 Å². The summed E-state index contributed by atoms with van der Waals surface area (Å²) in [5.74, 6) is 0.673. The zero-order valence-electron chi connectivity index (χ0n) is 10.7. The van der Waals surface area contributed by atoms with E-state index in [9.17, 15) is 4.79 Å². The van der Waals surface area contributed by atoms with E-state index in [0.29, 0.717) is 5.92 Å². The third kappa shape index (κ3) is 4.19. The van der Waals surface area contributed by atoms with Gasteiger partial charge in [-0.3, -0.25) is 0 Å². The molecule has 0 aromatic carbocycles. The molecule has 17 heavy (non-hydrogen) atoms. The fraction of sp³-hybridized carbons (Fsp3) is 0.923. The van der Waals surface area contributed by atoms with Crippen molar-refractivity contribution >= 4 is 6.03 Å². The quantitative estimate of drug-likeness (QED) is 0.768. The maximum atomic E-state index is 12.0. The lowest BCUT2D eigenvalue weighted by Gasteiger charge is -2.25. The van der Waals surface area contributed by atoms with Crippen molar-refractivity contribution in [3.8, 4) is 0 Å². The Morgan fingerprint density at radius 1 is 1.12 bits per heavy atom. The molecule has 2 N–H and O–H groups in total. The summed E-state index contributed by atoms with van der Waals surface area (Å²) in [6, 6.07) is 0.158. The van der Waals surface area contributed by atoms with Gasteiger partial charge in [0.25, 0.3) is 0 Å². The molecular formula is C13H25N3O. The van der Waals surface area contributed by atoms with Crippen LogP contribution in [0.15, 0.2) is 0 Å². The molecule has 0 radical (unpaired) electrons. The molecular weight excluding hydrogens is 214 g/mol. The monoisotopic (exact) mass is 239 g/mol. The van der Waals surface area contributed by atoms with E-state index < -0.39 is 0 Å². The van der Waals surface area contributed by atoms with Gasteiger partial charge in [0.2, 0.25) is 0 Å². The van der Waals surface area contributed by atoms with Gasteiger partial charge in [-0.1, -0.05) is 12.8 Å². The van der Waals surface area contributed by atoms with Gasteiger partial charge in [0.05, 0.1) is 0 Å². The molecule has 0 aromatic rings. The number of urea groups is 1. The molecule has 2 aliphatic heterocycles. The largest absolute Gasteiger partial charge is 0.338 e. The lowest BCUT2D eigenvalue weighted by Crippen LogP contribution is -2.43. The third-order valence-corrected chi connectivity index (χ3v) is 3.89. The minimum atomic E-state index is 0.158. The minimum absolute atomic E-state index is 0.158. The Morgan fingerprint density at radius 2 is 1.76 bits per heavy atom. The van der Waals surface area contributed by atoms with Gasteiger partial charge in [0.1, 0.15) is 0 Å². The molecule has 4 heteroatoms. The summed E-state index contributed by atoms with van der Waals surface area (Å²) in [6.45, 7) is 4.95. The average molecular weight is 239 g/mol. The third-order valence-electron chi connectivity index (χ3n) is 3.89. The van der Waals surface area contributed by atoms with Crippen molar-refractivity contribution in [2.75, 3.05) is 32.7 Å². The Bertz CT molecular complexity index is 231. The van der Waals surface area contributed by atoms with Gasteiger partial charge in [-0.05, 0) is 44.7 Å². The van der Waals surface area contributed by atoms with E-state index in [1.165, 1.54) is 38.5 Å². The maximum absolute atomic E-state index is 12.0. The SMILES string of the molecule is O=C(NCC1CCNCC1)N1CCCCCC1. The van der Waals surface area contributed by atoms with Gasteiger partial charge in [-0.2, -0.15) is 0 Å². The molecule has 2 heterocycles. The van der Waals surface area contributed by atoms with Gasteiger partial charge in [0.15, 0.2) is 0 Å². The second kappa shape index (κ2) is 6.84. The summed E-state index contributed by atoms with van der Waals surface area (Å²) in [6.07, 6.45) is 7.28. The van der Waals surface area contributed by atoms with Gasteiger partial charge in [0, 0.05) is 19.6 Å². The second-order valence-electron chi connectivity index (χ2n) is 5.28. The number of hydrogen-bond acceptors (Lipinski definition) is 2. The van der Waals surface area contributed by atoms with E-state index in [-0.39, 0.29) is 6.03 Å². The summed E-state index contributed by atoms with van der Waals surface area (Å²) in [5, 5.41) is 6.46. The summed E-state index contributed by atoms with van der Waals surface area (Å²) in [5.41, 5.74) is 0. The van der Waals surface area contributed by atoms with E-state index in [0.717, 1.165) is 32.7 Å². The van der Waals surface area contributed by atoms with E-state index in [2.05, 4.69) is 10.6 Å². The highest BCUT2D eigenvalue weighted by Gasteiger charge is 2.18. The standard InChI is InChI=1S/C13H25N3O/c17-13(16-9-3-1-2-4-10-16)15-11-12-5-7-14-8-6-12/h12,14H,1-11H2,(H,15,17). The summed E-state index contributed by atoms with van der Waals surface area (Å²) in [4.78, 5) is 14.0. The van der Waals surface area contributed by atoms with Crippen molar-refractivity contribution in [1.82, 2.24) is 15.5 Å². The molecule has 0 atom stereocenters. The normalized spacial score (nSPS) is 23.2. The molecule has 2 rings (SSSR count). The predicted octanol–water partition coefficient (Wildman–Crippen LogP) is 1.57. The van der Waals surface area contributed by atoms with Crippen LogP contribution in [0.5, 0.6) is 0 Å². The van der Waals surface area contributed by atoms with Crippen LogP contribution in [0, 0.1) is 5.92 Å². The second-order valence-corrected chi connectivity index (χ2v) is 5.28. The number of rotatable bonds is 2. The van der Waals surface area contributed by atoms with Crippen LogP contribution in [0.2, 0.25) is 0 Å². The molecule has 98 valence electrons. The van der Waals surface area contributed by atoms with Crippen molar-refractivity contribution < 1.29 is 4.79 Å². The number of nitrogens with one attached hydrogen (secondary N) is 2. The summed E-state index contributed by atoms with van der Waals surface area (Å²) in [7, 11) is 0. The Morgan fingerprint density at radius 3 is 2.41 bits per heavy atom. The molecule has 2 saturated heterocycles. The highest BCUT2D eigenvalue weighted by Crippen LogP contribution is 2.12. The van der Waals surface area contributed by atoms with E-state index >= 15 is 0 Å². The van der Waals surface area contributed by atoms with Crippen LogP contribution in [-0.4, -0.2) is 43.7 Å². The van der Waals surface area contributed by atoms with Crippen molar-refractivity contribution in [1.29, 1.82) is 0 Å². The molecule has 0 saturated carbocycles. The van der Waals surface area contributed by atoms with Crippen LogP contribution in [0.25, 0.3) is 0 Å². The molecule has 0 aromatic heterocycles. The van der Waals surface area contributed by atoms with Gasteiger partial charge >= 0.3 is 6.03 Å². The van der Waals surface area contributed by atoms with Crippen molar-refractivity contribution in [3.63, 3.8) is 0 Å². The van der Waals surface area contributed by atoms with E-state index in [4.69, 9.17) is 0 Å². The van der Waals surface area contributed by atoms with E-state index in [1.54, 1.807) is 0 Å². The number of likely N-dealkylation sites (tertiary alicyclic amines) is 1. The van der Waals surface area contributed by atoms with Crippen molar-refractivity contribution in [3.05, 3.63) is 0 Å². The molecule has 2 aliphatic rings. The number of hydrogen-bond donors (Lipinski definition) is 2. The first-order valence-corrected chi connectivity index (χ1v) is 7.10. The maximum Gasteiger partial charge on any atom is 0.317 e. The Kier molecular flexibility index (Phi) is 5.10. The van der Waals surface area contributed by atoms with Crippen LogP contribution in [-0.2, 0) is 0 Å². The highest BCUT2D eigenvalue weighted by atomic mass is 16.2. The molecule has 0 aliphatic carbocycles. The fourth-order valence-electron chi connectivity index (χ4n) is 2.70. The topological polar surface area (TPSA) is 44.4 Å². The highest BCUT2D eigenvalue weighted by molar-refractivity contribution is 5.74. The van der Waals surface area contributed by atoms with Gasteiger partial charge in [-0.15, -0.1) is 0 Å². The lowest BCUT2D eigenvalue weighted by atomic mass is 9.98. The van der Waals surface area contributed by atoms with Crippen LogP contribution >= 0.6 is 0 Å². The van der Waals surface area contributed by atoms with E-state index in [1.807, 2.05) is 4.90 Å². The first-order valence-electron chi connectivity index (χ1n) is 7.10. The van der Waals surface area contributed by atoms with Crippen LogP contribution in [0.3, 0.4) is 0 Å². The zero-order valence-corrected chi connectivity index (χ0v) is 10.7. The molecule has 0 unspecified atom stereocenters. The molecule has 4 nitrogen and oxygen atoms in total. The molecule has 0 spiro atoms. The first-order chi connectivity index (χ1) is 8.36. The number of carbonyl (C=O) groups excluding carboxylic acids is 1. The Hall–Kier alpha value is -0.770. The first kappa shape index (κ1) is 12.7. The average Bonchev–Trinajstić information content (AvgIpc) is 2.66. The van der Waals surface area contributed by atoms with Gasteiger partial charge < -0.3 is 15.5 Å². The zero-order chi connectivity index (χ0) is 11.9. The summed E-state index contributed by atoms with van der Waals surface area (Å²) < 4.78 is 0. The van der Waals surface area contributed by atoms with Crippen LogP contribution in [0.1, 0.15) is 38.5 Å². The summed E-state index contributed by atoms with van der Waals surface area (Å²) >= 11 is 0. The smallest absolute Gasteiger partial charge is 0.317 e. The van der Waals surface area contributed by atoms with Crippen molar-refractivity contribution in [2.24, 2.45) is 5.92 Å².